The largest absolute Gasteiger partial charge is 0.464 e. The average molecular weight is 471 g/mol. The second-order valence-electron chi connectivity index (χ2n) is 7.67. The first-order valence-electron chi connectivity index (χ1n) is 9.13. The number of fused-ring (bicyclic) bond motifs is 1. The Hall–Kier alpha value is -3.23. The molecule has 16 heteroatoms. The summed E-state index contributed by atoms with van der Waals surface area (Å²) in [4.78, 5) is 39.2. The number of hydrogen-bond donors (Lipinski definition) is 3. The van der Waals surface area contributed by atoms with Crippen molar-refractivity contribution < 1.29 is 34.4 Å². The van der Waals surface area contributed by atoms with Crippen molar-refractivity contribution in [1.29, 1.82) is 0 Å². The van der Waals surface area contributed by atoms with Gasteiger partial charge in [0.05, 0.1) is 19.0 Å². The number of imidazole rings is 1. The Kier molecular flexibility index (Phi) is 6.39. The Labute approximate surface area is 184 Å². The molecule has 2 amide bonds. The second-order valence-corrected chi connectivity index (χ2v) is 8.01. The maximum Gasteiger partial charge on any atom is 0.425 e. The van der Waals surface area contributed by atoms with Crippen molar-refractivity contribution >= 4 is 40.8 Å². The first-order valence-corrected chi connectivity index (χ1v) is 9.51. The van der Waals surface area contributed by atoms with E-state index in [2.05, 4.69) is 25.0 Å². The average Bonchev–Trinajstić information content (AvgIpc) is 3.21. The Bertz CT molecular complexity index is 1100. The maximum atomic E-state index is 12.5. The predicted octanol–water partition coefficient (Wildman–Crippen LogP) is 1.83. The van der Waals surface area contributed by atoms with Gasteiger partial charge in [0.15, 0.2) is 17.0 Å². The number of carbonyl (C=O) groups excluding carboxylic acids is 1. The van der Waals surface area contributed by atoms with Gasteiger partial charge >= 0.3 is 12.2 Å². The highest BCUT2D eigenvalue weighted by Gasteiger charge is 2.45. The smallest absolute Gasteiger partial charge is 0.425 e. The van der Waals surface area contributed by atoms with Crippen molar-refractivity contribution in [2.75, 3.05) is 11.5 Å². The number of imide groups is 1. The molecule has 32 heavy (non-hydrogen) atoms. The van der Waals surface area contributed by atoms with Crippen LogP contribution in [0.5, 0.6) is 0 Å². The fourth-order valence-corrected chi connectivity index (χ4v) is 3.24. The monoisotopic (exact) mass is 470 g/mol. The van der Waals surface area contributed by atoms with Gasteiger partial charge in [-0.1, -0.05) is 5.11 Å². The number of aliphatic hydroxyl groups excluding tert-OH is 2. The molecule has 0 unspecified atom stereocenters. The minimum absolute atomic E-state index is 0.0799. The lowest BCUT2D eigenvalue weighted by atomic mass is 10.1. The van der Waals surface area contributed by atoms with Crippen LogP contribution in [0.25, 0.3) is 21.6 Å². The number of carbonyl (C=O) groups is 2. The van der Waals surface area contributed by atoms with Crippen molar-refractivity contribution in [3.8, 4) is 0 Å². The van der Waals surface area contributed by atoms with Gasteiger partial charge in [-0.25, -0.2) is 14.6 Å². The third kappa shape index (κ3) is 4.37. The standard InChI is InChI=1S/C16H19ClN8O7/c1-16(2,3)32-15(30)25(14(28)29)11-8-10(20-13(17)21-11)24(5-19-8)12-7(22-23-18)9(27)6(4-26)31-12/h5-7,9,12,26-27H,4H2,1-3H3,(H,28,29)/t6-,7-,9-,12-/m1/s1. The van der Waals surface area contributed by atoms with Crippen molar-refractivity contribution in [3.63, 3.8) is 0 Å². The summed E-state index contributed by atoms with van der Waals surface area (Å²) >= 11 is 5.98. The summed E-state index contributed by atoms with van der Waals surface area (Å²) in [5, 5.41) is 32.4. The number of aliphatic hydroxyl groups is 2. The lowest BCUT2D eigenvalue weighted by Crippen LogP contribution is -2.41. The van der Waals surface area contributed by atoms with E-state index in [1.54, 1.807) is 20.8 Å². The first kappa shape index (κ1) is 23.4. The molecule has 172 valence electrons. The van der Waals surface area contributed by atoms with Crippen LogP contribution in [0.4, 0.5) is 15.4 Å². The number of rotatable bonds is 4. The summed E-state index contributed by atoms with van der Waals surface area (Å²) < 4.78 is 11.9. The molecule has 15 nitrogen and oxygen atoms in total. The van der Waals surface area contributed by atoms with Crippen molar-refractivity contribution in [3.05, 3.63) is 22.1 Å². The molecule has 2 aromatic heterocycles. The normalized spacial score (nSPS) is 23.1. The zero-order chi connectivity index (χ0) is 23.8. The van der Waals surface area contributed by atoms with Crippen LogP contribution < -0.4 is 4.90 Å². The van der Waals surface area contributed by atoms with Crippen LogP contribution in [-0.2, 0) is 9.47 Å². The van der Waals surface area contributed by atoms with Crippen LogP contribution in [-0.4, -0.2) is 77.5 Å². The summed E-state index contributed by atoms with van der Waals surface area (Å²) in [5.74, 6) is -0.474. The summed E-state index contributed by atoms with van der Waals surface area (Å²) in [6.07, 6.45) is -5.36. The topological polar surface area (TPSA) is 209 Å². The van der Waals surface area contributed by atoms with E-state index in [-0.39, 0.29) is 16.1 Å². The van der Waals surface area contributed by atoms with Crippen molar-refractivity contribution in [2.24, 2.45) is 5.11 Å². The number of anilines is 1. The van der Waals surface area contributed by atoms with Gasteiger partial charge in [0.2, 0.25) is 5.28 Å². The number of carboxylic acid groups (broad SMARTS) is 1. The SMILES string of the molecule is CC(C)(C)OC(=O)N(C(=O)O)c1nc(Cl)nc2c1ncn2[C@@H]1O[C@H](CO)[C@@H](O)[C@H]1N=[N+]=[N-]. The fraction of sp³-hybridized carbons (Fsp3) is 0.562. The Morgan fingerprint density at radius 1 is 1.44 bits per heavy atom. The van der Waals surface area contributed by atoms with Gasteiger partial charge in [-0.15, -0.1) is 0 Å². The van der Waals surface area contributed by atoms with Crippen LogP contribution in [0.1, 0.15) is 27.0 Å². The molecule has 0 spiro atoms. The van der Waals surface area contributed by atoms with Gasteiger partial charge in [0.1, 0.15) is 24.0 Å². The molecular formula is C16H19ClN8O7. The molecule has 3 N–H and O–H groups in total. The zero-order valence-corrected chi connectivity index (χ0v) is 17.8. The number of aromatic nitrogens is 4. The van der Waals surface area contributed by atoms with Crippen LogP contribution in [0.2, 0.25) is 5.28 Å². The Morgan fingerprint density at radius 2 is 2.12 bits per heavy atom. The molecule has 3 heterocycles. The molecule has 0 saturated carbocycles. The quantitative estimate of drug-likeness (QED) is 0.255. The molecule has 0 aromatic carbocycles. The summed E-state index contributed by atoms with van der Waals surface area (Å²) in [5.41, 5.74) is 7.60. The van der Waals surface area contributed by atoms with E-state index in [0.717, 1.165) is 6.33 Å². The highest BCUT2D eigenvalue weighted by Crippen LogP contribution is 2.35. The fourth-order valence-electron chi connectivity index (χ4n) is 3.08. The van der Waals surface area contributed by atoms with Gasteiger partial charge in [-0.05, 0) is 37.9 Å². The lowest BCUT2D eigenvalue weighted by molar-refractivity contribution is -0.0437. The molecule has 2 aromatic rings. The molecule has 1 aliphatic heterocycles. The number of hydrogen-bond acceptors (Lipinski definition) is 10. The molecular weight excluding hydrogens is 452 g/mol. The van der Waals surface area contributed by atoms with Crippen molar-refractivity contribution in [1.82, 2.24) is 19.5 Å². The molecule has 0 bridgehead atoms. The number of nitrogens with zero attached hydrogens (tertiary/aromatic N) is 8. The third-order valence-corrected chi connectivity index (χ3v) is 4.50. The number of azide groups is 1. The minimum Gasteiger partial charge on any atom is -0.464 e. The van der Waals surface area contributed by atoms with Crippen LogP contribution >= 0.6 is 11.6 Å². The van der Waals surface area contributed by atoms with E-state index >= 15 is 0 Å². The minimum atomic E-state index is -1.70. The van der Waals surface area contributed by atoms with Gasteiger partial charge < -0.3 is 24.8 Å². The molecule has 1 fully saturated rings. The van der Waals surface area contributed by atoms with E-state index in [1.165, 1.54) is 4.57 Å². The molecule has 1 aliphatic rings. The van der Waals surface area contributed by atoms with E-state index < -0.39 is 60.0 Å². The predicted molar refractivity (Wildman–Crippen MR) is 107 cm³/mol. The van der Waals surface area contributed by atoms with Gasteiger partial charge in [-0.3, -0.25) is 4.57 Å². The molecule has 0 radical (unpaired) electrons. The summed E-state index contributed by atoms with van der Waals surface area (Å²) in [7, 11) is 0. The second kappa shape index (κ2) is 8.72. The van der Waals surface area contributed by atoms with Gasteiger partial charge in [0.25, 0.3) is 0 Å². The molecule has 1 saturated heterocycles. The number of ether oxygens (including phenoxy) is 2. The van der Waals surface area contributed by atoms with Gasteiger partial charge in [-0.2, -0.15) is 14.9 Å². The van der Waals surface area contributed by atoms with Crippen LogP contribution in [0.15, 0.2) is 11.4 Å². The molecule has 4 atom stereocenters. The first-order chi connectivity index (χ1) is 15.0. The lowest BCUT2D eigenvalue weighted by Gasteiger charge is -2.24. The van der Waals surface area contributed by atoms with E-state index in [1.807, 2.05) is 0 Å². The highest BCUT2D eigenvalue weighted by atomic mass is 35.5. The van der Waals surface area contributed by atoms with Crippen LogP contribution in [0, 0.1) is 0 Å². The zero-order valence-electron chi connectivity index (χ0n) is 17.0. The van der Waals surface area contributed by atoms with E-state index in [4.69, 9.17) is 26.6 Å². The molecule has 0 aliphatic carbocycles. The number of halogens is 1. The van der Waals surface area contributed by atoms with Gasteiger partial charge in [0, 0.05) is 4.91 Å². The summed E-state index contributed by atoms with van der Waals surface area (Å²) in [6.45, 7) is 4.10. The maximum absolute atomic E-state index is 12.5. The molecule has 3 rings (SSSR count). The van der Waals surface area contributed by atoms with E-state index in [0.29, 0.717) is 0 Å². The Morgan fingerprint density at radius 3 is 2.69 bits per heavy atom. The summed E-state index contributed by atoms with van der Waals surface area (Å²) in [6, 6.07) is -1.17. The highest BCUT2D eigenvalue weighted by molar-refractivity contribution is 6.29. The van der Waals surface area contributed by atoms with Crippen LogP contribution in [0.3, 0.4) is 0 Å². The Balaban J connectivity index is 2.14. The van der Waals surface area contributed by atoms with Crippen molar-refractivity contribution in [2.45, 2.75) is 50.8 Å². The third-order valence-electron chi connectivity index (χ3n) is 4.33. The van der Waals surface area contributed by atoms with E-state index in [9.17, 15) is 24.9 Å². The number of amides is 2.